The van der Waals surface area contributed by atoms with Crippen LogP contribution in [0.2, 0.25) is 0 Å². The summed E-state index contributed by atoms with van der Waals surface area (Å²) >= 11 is 0. The molecule has 3 nitrogen and oxygen atoms in total. The van der Waals surface area contributed by atoms with Crippen LogP contribution in [0.4, 0.5) is 13.2 Å². The average molecular weight is 274 g/mol. The standard InChI is InChI=1S/C13H17F3N2O/c1-2-17-11(19)8-9-18-12(13(14,15)16)10-6-4-3-5-7-10/h3-7,12,18H,2,8-9H2,1H3,(H,17,19). The number of rotatable bonds is 6. The average Bonchev–Trinajstić information content (AvgIpc) is 2.34. The summed E-state index contributed by atoms with van der Waals surface area (Å²) in [4.78, 5) is 11.2. The monoisotopic (exact) mass is 274 g/mol. The smallest absolute Gasteiger partial charge is 0.356 e. The number of carbonyl (C=O) groups is 1. The molecule has 19 heavy (non-hydrogen) atoms. The van der Waals surface area contributed by atoms with Gasteiger partial charge in [0, 0.05) is 19.5 Å². The molecule has 0 aliphatic carbocycles. The van der Waals surface area contributed by atoms with Crippen molar-refractivity contribution < 1.29 is 18.0 Å². The van der Waals surface area contributed by atoms with Gasteiger partial charge in [0.2, 0.25) is 5.91 Å². The number of hydrogen-bond acceptors (Lipinski definition) is 2. The fourth-order valence-corrected chi connectivity index (χ4v) is 1.68. The molecular formula is C13H17F3N2O. The van der Waals surface area contributed by atoms with Gasteiger partial charge < -0.3 is 10.6 Å². The van der Waals surface area contributed by atoms with Crippen LogP contribution >= 0.6 is 0 Å². The highest BCUT2D eigenvalue weighted by Crippen LogP contribution is 2.32. The summed E-state index contributed by atoms with van der Waals surface area (Å²) in [5.41, 5.74) is 0.144. The second-order valence-corrected chi connectivity index (χ2v) is 4.04. The minimum atomic E-state index is -4.39. The second kappa shape index (κ2) is 7.13. The number of carbonyl (C=O) groups excluding carboxylic acids is 1. The molecule has 1 unspecified atom stereocenters. The van der Waals surface area contributed by atoms with Crippen molar-refractivity contribution >= 4 is 5.91 Å². The Labute approximate surface area is 110 Å². The van der Waals surface area contributed by atoms with Crippen molar-refractivity contribution in [2.45, 2.75) is 25.6 Å². The first-order valence-corrected chi connectivity index (χ1v) is 6.07. The summed E-state index contributed by atoms with van der Waals surface area (Å²) in [6.07, 6.45) is -4.37. The van der Waals surface area contributed by atoms with Crippen LogP contribution in [0.1, 0.15) is 24.9 Å². The maximum Gasteiger partial charge on any atom is 0.407 e. The van der Waals surface area contributed by atoms with Gasteiger partial charge in [0.25, 0.3) is 0 Å². The van der Waals surface area contributed by atoms with Crippen LogP contribution in [-0.4, -0.2) is 25.2 Å². The van der Waals surface area contributed by atoms with Crippen molar-refractivity contribution in [3.05, 3.63) is 35.9 Å². The topological polar surface area (TPSA) is 41.1 Å². The van der Waals surface area contributed by atoms with Gasteiger partial charge in [0.15, 0.2) is 0 Å². The molecule has 0 saturated heterocycles. The molecule has 0 heterocycles. The summed E-state index contributed by atoms with van der Waals surface area (Å²) in [5, 5.41) is 4.92. The van der Waals surface area contributed by atoms with Crippen LogP contribution in [-0.2, 0) is 4.79 Å². The van der Waals surface area contributed by atoms with E-state index in [1.807, 2.05) is 0 Å². The molecule has 1 atom stereocenters. The first-order valence-electron chi connectivity index (χ1n) is 6.07. The number of halogens is 3. The largest absolute Gasteiger partial charge is 0.407 e. The van der Waals surface area contributed by atoms with Crippen LogP contribution < -0.4 is 10.6 Å². The maximum absolute atomic E-state index is 12.9. The number of alkyl halides is 3. The first-order chi connectivity index (χ1) is 8.95. The second-order valence-electron chi connectivity index (χ2n) is 4.04. The van der Waals surface area contributed by atoms with Crippen LogP contribution in [0.3, 0.4) is 0 Å². The molecule has 0 radical (unpaired) electrons. The summed E-state index contributed by atoms with van der Waals surface area (Å²) in [7, 11) is 0. The van der Waals surface area contributed by atoms with Crippen molar-refractivity contribution in [3.63, 3.8) is 0 Å². The van der Waals surface area contributed by atoms with E-state index in [9.17, 15) is 18.0 Å². The Hall–Kier alpha value is -1.56. The first kappa shape index (κ1) is 15.5. The molecule has 0 aliphatic rings. The quantitative estimate of drug-likeness (QED) is 0.836. The maximum atomic E-state index is 12.9. The molecule has 1 aromatic rings. The number of nitrogens with one attached hydrogen (secondary N) is 2. The van der Waals surface area contributed by atoms with E-state index in [0.29, 0.717) is 6.54 Å². The summed E-state index contributed by atoms with van der Waals surface area (Å²) in [6, 6.07) is 5.85. The van der Waals surface area contributed by atoms with E-state index in [4.69, 9.17) is 0 Å². The number of hydrogen-bond donors (Lipinski definition) is 2. The van der Waals surface area contributed by atoms with Gasteiger partial charge >= 0.3 is 6.18 Å². The van der Waals surface area contributed by atoms with Gasteiger partial charge in [-0.15, -0.1) is 0 Å². The molecule has 6 heteroatoms. The normalized spacial score (nSPS) is 13.1. The third kappa shape index (κ3) is 5.30. The molecule has 2 N–H and O–H groups in total. The Morgan fingerprint density at radius 3 is 2.42 bits per heavy atom. The lowest BCUT2D eigenvalue weighted by molar-refractivity contribution is -0.158. The van der Waals surface area contributed by atoms with Crippen LogP contribution in [0.5, 0.6) is 0 Å². The predicted molar refractivity (Wildman–Crippen MR) is 66.5 cm³/mol. The van der Waals surface area contributed by atoms with Crippen LogP contribution in [0, 0.1) is 0 Å². The molecular weight excluding hydrogens is 257 g/mol. The van der Waals surface area contributed by atoms with Crippen molar-refractivity contribution in [2.75, 3.05) is 13.1 Å². The highest BCUT2D eigenvalue weighted by molar-refractivity contribution is 5.75. The molecule has 1 amide bonds. The molecule has 1 aromatic carbocycles. The molecule has 0 spiro atoms. The minimum absolute atomic E-state index is 0.0211. The van der Waals surface area contributed by atoms with Crippen LogP contribution in [0.25, 0.3) is 0 Å². The van der Waals surface area contributed by atoms with E-state index in [-0.39, 0.29) is 24.4 Å². The number of amides is 1. The van der Waals surface area contributed by atoms with E-state index in [1.54, 1.807) is 25.1 Å². The van der Waals surface area contributed by atoms with Crippen LogP contribution in [0.15, 0.2) is 30.3 Å². The lowest BCUT2D eigenvalue weighted by atomic mass is 10.1. The molecule has 0 aliphatic heterocycles. The van der Waals surface area contributed by atoms with Gasteiger partial charge in [-0.25, -0.2) is 0 Å². The summed E-state index contributed by atoms with van der Waals surface area (Å²) in [6.45, 7) is 2.21. The van der Waals surface area contributed by atoms with Gasteiger partial charge in [0.1, 0.15) is 6.04 Å². The van der Waals surface area contributed by atoms with Crippen molar-refractivity contribution in [3.8, 4) is 0 Å². The lowest BCUT2D eigenvalue weighted by Crippen LogP contribution is -2.36. The van der Waals surface area contributed by atoms with E-state index in [1.165, 1.54) is 12.1 Å². The van der Waals surface area contributed by atoms with Crippen molar-refractivity contribution in [1.29, 1.82) is 0 Å². The zero-order chi connectivity index (χ0) is 14.3. The third-order valence-electron chi connectivity index (χ3n) is 2.53. The summed E-state index contributed by atoms with van der Waals surface area (Å²) < 4.78 is 38.7. The Morgan fingerprint density at radius 1 is 1.26 bits per heavy atom. The van der Waals surface area contributed by atoms with E-state index >= 15 is 0 Å². The van der Waals surface area contributed by atoms with Gasteiger partial charge in [-0.3, -0.25) is 4.79 Å². The Balaban J connectivity index is 2.60. The fraction of sp³-hybridized carbons (Fsp3) is 0.462. The molecule has 106 valence electrons. The summed E-state index contributed by atoms with van der Waals surface area (Å²) in [5.74, 6) is -0.260. The Bertz CT molecular complexity index is 393. The number of benzene rings is 1. The molecule has 0 aromatic heterocycles. The molecule has 1 rings (SSSR count). The lowest BCUT2D eigenvalue weighted by Gasteiger charge is -2.22. The SMILES string of the molecule is CCNC(=O)CCNC(c1ccccc1)C(F)(F)F. The Kier molecular flexibility index (Phi) is 5.82. The zero-order valence-electron chi connectivity index (χ0n) is 10.6. The molecule has 0 fully saturated rings. The van der Waals surface area contributed by atoms with Gasteiger partial charge in [-0.1, -0.05) is 30.3 Å². The van der Waals surface area contributed by atoms with Crippen molar-refractivity contribution in [1.82, 2.24) is 10.6 Å². The fourth-order valence-electron chi connectivity index (χ4n) is 1.68. The molecule has 0 bridgehead atoms. The van der Waals surface area contributed by atoms with Gasteiger partial charge in [0.05, 0.1) is 0 Å². The highest BCUT2D eigenvalue weighted by Gasteiger charge is 2.40. The third-order valence-corrected chi connectivity index (χ3v) is 2.53. The molecule has 0 saturated carbocycles. The van der Waals surface area contributed by atoms with E-state index in [0.717, 1.165) is 0 Å². The van der Waals surface area contributed by atoms with Crippen molar-refractivity contribution in [2.24, 2.45) is 0 Å². The Morgan fingerprint density at radius 2 is 1.89 bits per heavy atom. The zero-order valence-corrected chi connectivity index (χ0v) is 10.6. The highest BCUT2D eigenvalue weighted by atomic mass is 19.4. The minimum Gasteiger partial charge on any atom is -0.356 e. The predicted octanol–water partition coefficient (Wildman–Crippen LogP) is 2.41. The van der Waals surface area contributed by atoms with E-state index < -0.39 is 12.2 Å². The van der Waals surface area contributed by atoms with E-state index in [2.05, 4.69) is 10.6 Å². The van der Waals surface area contributed by atoms with Gasteiger partial charge in [-0.2, -0.15) is 13.2 Å². The van der Waals surface area contributed by atoms with Gasteiger partial charge in [-0.05, 0) is 12.5 Å².